The molecule has 1 aromatic rings. The molecule has 0 aliphatic heterocycles. The van der Waals surface area contributed by atoms with Crippen LogP contribution in [0.4, 0.5) is 11.4 Å². The topological polar surface area (TPSA) is 55.6 Å². The first-order valence-electron chi connectivity index (χ1n) is 6.34. The number of hydrogen-bond donors (Lipinski definition) is 1. The van der Waals surface area contributed by atoms with Crippen LogP contribution in [0, 0.1) is 0 Å². The van der Waals surface area contributed by atoms with Gasteiger partial charge in [-0.3, -0.25) is 4.79 Å². The third kappa shape index (κ3) is 4.37. The van der Waals surface area contributed by atoms with Crippen molar-refractivity contribution in [2.75, 3.05) is 30.9 Å². The number of nitrogen functional groups attached to an aromatic ring is 1. The highest BCUT2D eigenvalue weighted by atomic mass is 16.5. The summed E-state index contributed by atoms with van der Waals surface area (Å²) in [5.74, 6) is 0.125. The van der Waals surface area contributed by atoms with Crippen LogP contribution in [-0.4, -0.2) is 26.2 Å². The summed E-state index contributed by atoms with van der Waals surface area (Å²) >= 11 is 0. The van der Waals surface area contributed by atoms with E-state index < -0.39 is 0 Å². The molecule has 0 aromatic heterocycles. The zero-order chi connectivity index (χ0) is 13.4. The molecule has 0 bridgehead atoms. The molecule has 0 fully saturated rings. The van der Waals surface area contributed by atoms with Crippen LogP contribution < -0.4 is 10.6 Å². The van der Waals surface area contributed by atoms with E-state index in [2.05, 4.69) is 6.92 Å². The second-order valence-corrected chi connectivity index (χ2v) is 4.24. The molecule has 0 spiro atoms. The SMILES string of the molecule is CCCN(C(=O)CCCOC)c1cccc(N)c1. The van der Waals surface area contributed by atoms with Gasteiger partial charge in [0.1, 0.15) is 0 Å². The Balaban J connectivity index is 2.72. The monoisotopic (exact) mass is 250 g/mol. The summed E-state index contributed by atoms with van der Waals surface area (Å²) in [4.78, 5) is 13.9. The standard InChI is InChI=1S/C14H22N2O2/c1-3-9-16(14(17)8-5-10-18-2)13-7-4-6-12(15)11-13/h4,6-7,11H,3,5,8-10,15H2,1-2H3. The van der Waals surface area contributed by atoms with Gasteiger partial charge in [0.15, 0.2) is 0 Å². The van der Waals surface area contributed by atoms with Gasteiger partial charge < -0.3 is 15.4 Å². The Morgan fingerprint density at radius 1 is 1.44 bits per heavy atom. The molecule has 0 unspecified atom stereocenters. The minimum Gasteiger partial charge on any atom is -0.399 e. The number of hydrogen-bond acceptors (Lipinski definition) is 3. The van der Waals surface area contributed by atoms with Crippen molar-refractivity contribution in [1.29, 1.82) is 0 Å². The number of methoxy groups -OCH3 is 1. The zero-order valence-electron chi connectivity index (χ0n) is 11.2. The number of carbonyl (C=O) groups excluding carboxylic acids is 1. The van der Waals surface area contributed by atoms with Crippen molar-refractivity contribution in [3.63, 3.8) is 0 Å². The van der Waals surface area contributed by atoms with Crippen LogP contribution >= 0.6 is 0 Å². The molecule has 0 heterocycles. The molecule has 0 radical (unpaired) electrons. The summed E-state index contributed by atoms with van der Waals surface area (Å²) in [6, 6.07) is 7.45. The molecular weight excluding hydrogens is 228 g/mol. The van der Waals surface area contributed by atoms with E-state index >= 15 is 0 Å². The first-order valence-corrected chi connectivity index (χ1v) is 6.34. The number of nitrogens with zero attached hydrogens (tertiary/aromatic N) is 1. The predicted molar refractivity (Wildman–Crippen MR) is 74.6 cm³/mol. The molecule has 0 saturated carbocycles. The van der Waals surface area contributed by atoms with Gasteiger partial charge in [-0.15, -0.1) is 0 Å². The molecule has 1 amide bonds. The number of nitrogens with two attached hydrogens (primary N) is 1. The van der Waals surface area contributed by atoms with Gasteiger partial charge in [0, 0.05) is 38.1 Å². The van der Waals surface area contributed by atoms with Gasteiger partial charge in [0.05, 0.1) is 0 Å². The number of ether oxygens (including phenoxy) is 1. The Bertz CT molecular complexity index is 380. The molecule has 0 aliphatic rings. The molecular formula is C14H22N2O2. The van der Waals surface area contributed by atoms with Crippen molar-refractivity contribution < 1.29 is 9.53 Å². The third-order valence-corrected chi connectivity index (χ3v) is 2.67. The maximum atomic E-state index is 12.1. The van der Waals surface area contributed by atoms with Gasteiger partial charge >= 0.3 is 0 Å². The number of amides is 1. The Morgan fingerprint density at radius 3 is 2.83 bits per heavy atom. The second-order valence-electron chi connectivity index (χ2n) is 4.24. The Labute approximate surface area is 109 Å². The Hall–Kier alpha value is -1.55. The van der Waals surface area contributed by atoms with Crippen LogP contribution in [0.5, 0.6) is 0 Å². The number of anilines is 2. The van der Waals surface area contributed by atoms with Crippen LogP contribution in [0.2, 0.25) is 0 Å². The fourth-order valence-electron chi connectivity index (χ4n) is 1.82. The maximum Gasteiger partial charge on any atom is 0.227 e. The molecule has 4 nitrogen and oxygen atoms in total. The lowest BCUT2D eigenvalue weighted by Crippen LogP contribution is -2.31. The summed E-state index contributed by atoms with van der Waals surface area (Å²) in [5.41, 5.74) is 7.31. The predicted octanol–water partition coefficient (Wildman–Crippen LogP) is 2.44. The Kier molecular flexibility index (Phi) is 6.22. The van der Waals surface area contributed by atoms with Gasteiger partial charge in [0.2, 0.25) is 5.91 Å². The van der Waals surface area contributed by atoms with Crippen molar-refractivity contribution in [2.45, 2.75) is 26.2 Å². The molecule has 100 valence electrons. The van der Waals surface area contributed by atoms with Crippen molar-refractivity contribution in [3.8, 4) is 0 Å². The maximum absolute atomic E-state index is 12.1. The van der Waals surface area contributed by atoms with Crippen LogP contribution in [0.3, 0.4) is 0 Å². The van der Waals surface area contributed by atoms with Crippen LogP contribution in [-0.2, 0) is 9.53 Å². The van der Waals surface area contributed by atoms with Crippen LogP contribution in [0.15, 0.2) is 24.3 Å². The minimum absolute atomic E-state index is 0.125. The van der Waals surface area contributed by atoms with E-state index in [9.17, 15) is 4.79 Å². The smallest absolute Gasteiger partial charge is 0.227 e. The number of benzene rings is 1. The molecule has 4 heteroatoms. The molecule has 18 heavy (non-hydrogen) atoms. The van der Waals surface area contributed by atoms with E-state index in [0.29, 0.717) is 18.7 Å². The molecule has 2 N–H and O–H groups in total. The summed E-state index contributed by atoms with van der Waals surface area (Å²) < 4.78 is 4.97. The number of rotatable bonds is 7. The lowest BCUT2D eigenvalue weighted by molar-refractivity contribution is -0.118. The first-order chi connectivity index (χ1) is 8.69. The van der Waals surface area contributed by atoms with E-state index in [1.54, 1.807) is 12.0 Å². The summed E-state index contributed by atoms with van der Waals surface area (Å²) in [6.45, 7) is 3.39. The molecule has 0 aliphatic carbocycles. The molecule has 1 aromatic carbocycles. The lowest BCUT2D eigenvalue weighted by Gasteiger charge is -2.22. The fourth-order valence-corrected chi connectivity index (χ4v) is 1.82. The van der Waals surface area contributed by atoms with E-state index in [4.69, 9.17) is 10.5 Å². The van der Waals surface area contributed by atoms with Gasteiger partial charge in [0.25, 0.3) is 0 Å². The van der Waals surface area contributed by atoms with E-state index in [1.165, 1.54) is 0 Å². The van der Waals surface area contributed by atoms with Gasteiger partial charge in [-0.25, -0.2) is 0 Å². The van der Waals surface area contributed by atoms with Crippen molar-refractivity contribution in [3.05, 3.63) is 24.3 Å². The highest BCUT2D eigenvalue weighted by molar-refractivity contribution is 5.93. The minimum atomic E-state index is 0.125. The van der Waals surface area contributed by atoms with Crippen molar-refractivity contribution in [2.24, 2.45) is 0 Å². The fraction of sp³-hybridized carbons (Fsp3) is 0.500. The van der Waals surface area contributed by atoms with E-state index in [-0.39, 0.29) is 5.91 Å². The largest absolute Gasteiger partial charge is 0.399 e. The summed E-state index contributed by atoms with van der Waals surface area (Å²) in [6.07, 6.45) is 2.17. The summed E-state index contributed by atoms with van der Waals surface area (Å²) in [5, 5.41) is 0. The van der Waals surface area contributed by atoms with Gasteiger partial charge in [-0.1, -0.05) is 13.0 Å². The molecule has 1 rings (SSSR count). The van der Waals surface area contributed by atoms with Gasteiger partial charge in [-0.2, -0.15) is 0 Å². The third-order valence-electron chi connectivity index (χ3n) is 2.67. The lowest BCUT2D eigenvalue weighted by atomic mass is 10.2. The highest BCUT2D eigenvalue weighted by Gasteiger charge is 2.14. The van der Waals surface area contributed by atoms with Crippen LogP contribution in [0.25, 0.3) is 0 Å². The molecule has 0 saturated heterocycles. The van der Waals surface area contributed by atoms with Crippen molar-refractivity contribution >= 4 is 17.3 Å². The van der Waals surface area contributed by atoms with Gasteiger partial charge in [-0.05, 0) is 31.0 Å². The van der Waals surface area contributed by atoms with Crippen molar-refractivity contribution in [1.82, 2.24) is 0 Å². The quantitative estimate of drug-likeness (QED) is 0.597. The normalized spacial score (nSPS) is 10.3. The average molecular weight is 250 g/mol. The van der Waals surface area contributed by atoms with E-state index in [0.717, 1.165) is 25.1 Å². The zero-order valence-corrected chi connectivity index (χ0v) is 11.2. The first kappa shape index (κ1) is 14.5. The number of carbonyl (C=O) groups is 1. The molecule has 0 atom stereocenters. The average Bonchev–Trinajstić information content (AvgIpc) is 2.36. The Morgan fingerprint density at radius 2 is 2.22 bits per heavy atom. The second kappa shape index (κ2) is 7.71. The van der Waals surface area contributed by atoms with Crippen LogP contribution in [0.1, 0.15) is 26.2 Å². The highest BCUT2D eigenvalue weighted by Crippen LogP contribution is 2.19. The summed E-state index contributed by atoms with van der Waals surface area (Å²) in [7, 11) is 1.65. The van der Waals surface area contributed by atoms with E-state index in [1.807, 2.05) is 24.3 Å².